The molecule has 0 aliphatic carbocycles. The fourth-order valence-electron chi connectivity index (χ4n) is 2.98. The van der Waals surface area contributed by atoms with Crippen molar-refractivity contribution in [2.75, 3.05) is 17.7 Å². The van der Waals surface area contributed by atoms with E-state index in [1.165, 1.54) is 24.5 Å². The number of ether oxygens (including phenoxy) is 1. The Morgan fingerprint density at radius 2 is 2.03 bits per heavy atom. The summed E-state index contributed by atoms with van der Waals surface area (Å²) in [5, 5.41) is 11.9. The largest absolute Gasteiger partial charge is 0.465 e. The van der Waals surface area contributed by atoms with Crippen LogP contribution >= 0.6 is 35.2 Å². The van der Waals surface area contributed by atoms with Crippen LogP contribution in [0.3, 0.4) is 0 Å². The Kier molecular flexibility index (Phi) is 6.17. The Morgan fingerprint density at radius 3 is 2.81 bits per heavy atom. The van der Waals surface area contributed by atoms with Crippen molar-refractivity contribution in [1.29, 1.82) is 0 Å². The average Bonchev–Trinajstić information content (AvgIpc) is 3.32. The lowest BCUT2D eigenvalue weighted by Crippen LogP contribution is -2.18. The predicted molar refractivity (Wildman–Crippen MR) is 126 cm³/mol. The number of aromatic nitrogens is 2. The Morgan fingerprint density at radius 1 is 1.26 bits per heavy atom. The molecule has 2 N–H and O–H groups in total. The molecule has 0 saturated heterocycles. The summed E-state index contributed by atoms with van der Waals surface area (Å²) >= 11 is 12.9. The van der Waals surface area contributed by atoms with Gasteiger partial charge in [0.2, 0.25) is 0 Å². The van der Waals surface area contributed by atoms with Gasteiger partial charge in [0.1, 0.15) is 10.7 Å². The number of rotatable bonds is 5. The van der Waals surface area contributed by atoms with Gasteiger partial charge in [0.15, 0.2) is 5.11 Å². The summed E-state index contributed by atoms with van der Waals surface area (Å²) in [6, 6.07) is 12.1. The molecule has 0 saturated carbocycles. The maximum atomic E-state index is 13.8. The number of anilines is 2. The van der Waals surface area contributed by atoms with E-state index in [4.69, 9.17) is 28.6 Å². The number of fused-ring (bicyclic) bond motifs is 1. The van der Waals surface area contributed by atoms with Crippen LogP contribution in [0.1, 0.15) is 15.2 Å². The molecule has 0 spiro atoms. The molecule has 0 atom stereocenters. The lowest BCUT2D eigenvalue weighted by Gasteiger charge is -2.09. The first-order valence-electron chi connectivity index (χ1n) is 9.09. The highest BCUT2D eigenvalue weighted by molar-refractivity contribution is 7.80. The minimum Gasteiger partial charge on any atom is -0.465 e. The minimum atomic E-state index is -0.467. The van der Waals surface area contributed by atoms with Gasteiger partial charge in [-0.25, -0.2) is 9.18 Å². The van der Waals surface area contributed by atoms with Crippen molar-refractivity contribution in [2.45, 2.75) is 6.54 Å². The third-order valence-electron chi connectivity index (χ3n) is 4.44. The van der Waals surface area contributed by atoms with E-state index in [-0.39, 0.29) is 5.82 Å². The van der Waals surface area contributed by atoms with Crippen LogP contribution in [0.2, 0.25) is 5.02 Å². The summed E-state index contributed by atoms with van der Waals surface area (Å²) in [6.07, 6.45) is 3.35. The molecule has 0 amide bonds. The normalized spacial score (nSPS) is 10.8. The van der Waals surface area contributed by atoms with Crippen molar-refractivity contribution in [2.24, 2.45) is 0 Å². The summed E-state index contributed by atoms with van der Waals surface area (Å²) in [7, 11) is 1.32. The fourth-order valence-corrected chi connectivity index (χ4v) is 4.68. The van der Waals surface area contributed by atoms with Gasteiger partial charge in [-0.3, -0.25) is 4.68 Å². The lowest BCUT2D eigenvalue weighted by atomic mass is 10.2. The Bertz CT molecular complexity index is 1290. The summed E-state index contributed by atoms with van der Waals surface area (Å²) in [6.45, 7) is 0.312. The molecule has 6 nitrogen and oxygen atoms in total. The highest BCUT2D eigenvalue weighted by Crippen LogP contribution is 2.37. The van der Waals surface area contributed by atoms with Crippen LogP contribution in [0.5, 0.6) is 0 Å². The molecule has 4 aromatic rings. The molecule has 0 fully saturated rings. The number of halogens is 2. The molecule has 2 heterocycles. The van der Waals surface area contributed by atoms with Crippen molar-refractivity contribution < 1.29 is 13.9 Å². The molecule has 0 aliphatic heterocycles. The van der Waals surface area contributed by atoms with Gasteiger partial charge in [-0.2, -0.15) is 5.10 Å². The zero-order chi connectivity index (χ0) is 22.0. The second-order valence-corrected chi connectivity index (χ2v) is 8.38. The van der Waals surface area contributed by atoms with Gasteiger partial charge in [0.25, 0.3) is 0 Å². The summed E-state index contributed by atoms with van der Waals surface area (Å²) in [5.41, 5.74) is 1.95. The van der Waals surface area contributed by atoms with E-state index in [1.807, 2.05) is 18.2 Å². The van der Waals surface area contributed by atoms with E-state index in [1.54, 1.807) is 35.3 Å². The molecular formula is C21H16ClFN4O2S2. The maximum Gasteiger partial charge on any atom is 0.349 e. The standard InChI is InChI=1S/C21H16ClFN4O2S2/c1-29-20(28)19-18(22)15-7-6-13(8-17(15)31-19)25-21(30)26-14-9-24-27(11-14)10-12-4-2-3-5-16(12)23/h2-9,11H,10H2,1H3,(H2,25,26,30). The van der Waals surface area contributed by atoms with Crippen LogP contribution in [-0.2, 0) is 11.3 Å². The summed E-state index contributed by atoms with van der Waals surface area (Å²) < 4.78 is 21.0. The van der Waals surface area contributed by atoms with Crippen LogP contribution in [0.4, 0.5) is 15.8 Å². The van der Waals surface area contributed by atoms with Gasteiger partial charge in [0.05, 0.1) is 30.6 Å². The summed E-state index contributed by atoms with van der Waals surface area (Å²) in [5.74, 6) is -0.741. The Labute approximate surface area is 191 Å². The second kappa shape index (κ2) is 9.01. The first kappa shape index (κ1) is 21.2. The number of methoxy groups -OCH3 is 1. The third kappa shape index (κ3) is 4.68. The first-order valence-corrected chi connectivity index (χ1v) is 10.7. The fraction of sp³-hybridized carbons (Fsp3) is 0.0952. The topological polar surface area (TPSA) is 68.2 Å². The van der Waals surface area contributed by atoms with E-state index in [0.29, 0.717) is 32.8 Å². The van der Waals surface area contributed by atoms with Crippen LogP contribution in [0.25, 0.3) is 10.1 Å². The van der Waals surface area contributed by atoms with Crippen LogP contribution in [0.15, 0.2) is 54.9 Å². The molecule has 0 radical (unpaired) electrons. The number of nitrogens with zero attached hydrogens (tertiary/aromatic N) is 2. The van der Waals surface area contributed by atoms with Crippen LogP contribution in [0, 0.1) is 5.82 Å². The van der Waals surface area contributed by atoms with Crippen molar-refractivity contribution in [1.82, 2.24) is 9.78 Å². The molecule has 10 heteroatoms. The Hall–Kier alpha value is -3.01. The molecule has 0 unspecified atom stereocenters. The zero-order valence-corrected chi connectivity index (χ0v) is 18.6. The van der Waals surface area contributed by atoms with Gasteiger partial charge in [0, 0.05) is 27.5 Å². The SMILES string of the molecule is COC(=O)c1sc2cc(NC(=S)Nc3cnn(Cc4ccccc4F)c3)ccc2c1Cl. The number of nitrogens with one attached hydrogen (secondary N) is 2. The molecule has 158 valence electrons. The number of thiophene rings is 1. The molecular weight excluding hydrogens is 459 g/mol. The molecule has 4 rings (SSSR count). The number of carbonyl (C=O) groups is 1. The number of esters is 1. The zero-order valence-electron chi connectivity index (χ0n) is 16.2. The van der Waals surface area contributed by atoms with E-state index in [0.717, 1.165) is 15.8 Å². The van der Waals surface area contributed by atoms with Crippen LogP contribution < -0.4 is 10.6 Å². The van der Waals surface area contributed by atoms with E-state index in [9.17, 15) is 9.18 Å². The quantitative estimate of drug-likeness (QED) is 0.292. The summed E-state index contributed by atoms with van der Waals surface area (Å²) in [4.78, 5) is 12.2. The van der Waals surface area contributed by atoms with Crippen molar-refractivity contribution >= 4 is 67.7 Å². The maximum absolute atomic E-state index is 13.8. The van der Waals surface area contributed by atoms with E-state index in [2.05, 4.69) is 15.7 Å². The number of benzene rings is 2. The van der Waals surface area contributed by atoms with Crippen molar-refractivity contribution in [3.05, 3.63) is 76.1 Å². The highest BCUT2D eigenvalue weighted by atomic mass is 35.5. The van der Waals surface area contributed by atoms with Gasteiger partial charge >= 0.3 is 5.97 Å². The van der Waals surface area contributed by atoms with Crippen molar-refractivity contribution in [3.63, 3.8) is 0 Å². The molecule has 31 heavy (non-hydrogen) atoms. The van der Waals surface area contributed by atoms with Gasteiger partial charge in [-0.15, -0.1) is 11.3 Å². The third-order valence-corrected chi connectivity index (χ3v) is 6.28. The Balaban J connectivity index is 1.43. The van der Waals surface area contributed by atoms with Crippen molar-refractivity contribution in [3.8, 4) is 0 Å². The van der Waals surface area contributed by atoms with E-state index >= 15 is 0 Å². The van der Waals surface area contributed by atoms with E-state index < -0.39 is 5.97 Å². The average molecular weight is 475 g/mol. The number of hydrogen-bond acceptors (Lipinski definition) is 5. The van der Waals surface area contributed by atoms with Crippen LogP contribution in [-0.4, -0.2) is 28.0 Å². The lowest BCUT2D eigenvalue weighted by molar-refractivity contribution is 0.0606. The number of carbonyl (C=O) groups excluding carboxylic acids is 1. The monoisotopic (exact) mass is 474 g/mol. The van der Waals surface area contributed by atoms with Gasteiger partial charge in [-0.1, -0.05) is 29.8 Å². The number of hydrogen-bond donors (Lipinski definition) is 2. The van der Waals surface area contributed by atoms with Gasteiger partial charge < -0.3 is 15.4 Å². The molecule has 2 aromatic carbocycles. The second-order valence-electron chi connectivity index (χ2n) is 6.54. The highest BCUT2D eigenvalue weighted by Gasteiger charge is 2.18. The van der Waals surface area contributed by atoms with Gasteiger partial charge in [-0.05, 0) is 36.5 Å². The smallest absolute Gasteiger partial charge is 0.349 e. The minimum absolute atomic E-state index is 0.274. The first-order chi connectivity index (χ1) is 14.9. The predicted octanol–water partition coefficient (Wildman–Crippen LogP) is 5.53. The molecule has 0 aliphatic rings. The number of thiocarbonyl (C=S) groups is 1. The molecule has 0 bridgehead atoms. The molecule has 2 aromatic heterocycles.